The smallest absolute Gasteiger partial charge is 0.362 e. The minimum Gasteiger partial charge on any atom is -0.476 e. The van der Waals surface area contributed by atoms with Gasteiger partial charge < -0.3 is 9.84 Å². The first-order chi connectivity index (χ1) is 17.7. The number of benzene rings is 2. The molecule has 1 aliphatic heterocycles. The molecule has 0 saturated heterocycles. The SMILES string of the molecule is O=C(O)c1nn(-c2cc(Cl)c(Oc3ccc4c(c3)CCN(c3ccccn3)C4=O)c(Cl)c2)c(=O)[nH]c1=O. The van der Waals surface area contributed by atoms with Crippen molar-refractivity contribution in [1.29, 1.82) is 0 Å². The van der Waals surface area contributed by atoms with Crippen molar-refractivity contribution < 1.29 is 19.4 Å². The van der Waals surface area contributed by atoms with E-state index in [9.17, 15) is 19.2 Å². The van der Waals surface area contributed by atoms with Crippen LogP contribution in [0.3, 0.4) is 0 Å². The molecule has 1 amide bonds. The molecule has 3 heterocycles. The maximum absolute atomic E-state index is 13.0. The van der Waals surface area contributed by atoms with Gasteiger partial charge in [-0.1, -0.05) is 29.3 Å². The van der Waals surface area contributed by atoms with E-state index in [0.717, 1.165) is 5.56 Å². The van der Waals surface area contributed by atoms with Crippen molar-refractivity contribution in [2.24, 2.45) is 0 Å². The van der Waals surface area contributed by atoms with Crippen LogP contribution >= 0.6 is 23.2 Å². The summed E-state index contributed by atoms with van der Waals surface area (Å²) in [5.41, 5.74) is -1.68. The standard InChI is InChI=1S/C24H15Cl2N5O6/c25-16-10-13(31-24(36)28-21(32)19(29-31)23(34)35)11-17(26)20(16)37-14-4-5-15-12(9-14)6-8-30(22(15)33)18-3-1-2-7-27-18/h1-5,7,9-11H,6,8H2,(H,34,35)(H,28,32,36). The molecule has 0 atom stereocenters. The zero-order valence-electron chi connectivity index (χ0n) is 18.6. The van der Waals surface area contributed by atoms with E-state index in [1.807, 2.05) is 11.1 Å². The quantitative estimate of drug-likeness (QED) is 0.392. The molecule has 0 saturated carbocycles. The number of carbonyl (C=O) groups is 2. The van der Waals surface area contributed by atoms with Crippen molar-refractivity contribution in [1.82, 2.24) is 19.7 Å². The highest BCUT2D eigenvalue weighted by molar-refractivity contribution is 6.37. The molecule has 2 aromatic heterocycles. The lowest BCUT2D eigenvalue weighted by atomic mass is 9.98. The fourth-order valence-electron chi connectivity index (χ4n) is 3.86. The van der Waals surface area contributed by atoms with Crippen molar-refractivity contribution in [3.05, 3.63) is 102 Å². The number of nitrogens with zero attached hydrogens (tertiary/aromatic N) is 4. The van der Waals surface area contributed by atoms with Gasteiger partial charge in [0.05, 0.1) is 15.7 Å². The summed E-state index contributed by atoms with van der Waals surface area (Å²) >= 11 is 12.7. The van der Waals surface area contributed by atoms with E-state index >= 15 is 0 Å². The average molecular weight is 540 g/mol. The summed E-state index contributed by atoms with van der Waals surface area (Å²) in [4.78, 5) is 55.8. The summed E-state index contributed by atoms with van der Waals surface area (Å²) < 4.78 is 6.55. The minimum absolute atomic E-state index is 0.00519. The second-order valence-electron chi connectivity index (χ2n) is 7.88. The average Bonchev–Trinajstić information content (AvgIpc) is 2.86. The lowest BCUT2D eigenvalue weighted by Crippen LogP contribution is -2.38. The van der Waals surface area contributed by atoms with Crippen LogP contribution in [0.25, 0.3) is 5.69 Å². The number of hydrogen-bond donors (Lipinski definition) is 2. The van der Waals surface area contributed by atoms with E-state index in [4.69, 9.17) is 33.0 Å². The molecule has 186 valence electrons. The highest BCUT2D eigenvalue weighted by Crippen LogP contribution is 2.39. The number of pyridine rings is 1. The molecule has 5 rings (SSSR count). The number of nitrogens with one attached hydrogen (secondary N) is 1. The Hall–Kier alpha value is -4.48. The summed E-state index contributed by atoms with van der Waals surface area (Å²) in [5.74, 6) is -0.765. The van der Waals surface area contributed by atoms with Gasteiger partial charge in [-0.2, -0.15) is 9.78 Å². The van der Waals surface area contributed by atoms with Gasteiger partial charge in [-0.05, 0) is 54.4 Å². The van der Waals surface area contributed by atoms with Crippen molar-refractivity contribution in [2.45, 2.75) is 6.42 Å². The van der Waals surface area contributed by atoms with Gasteiger partial charge in [0.25, 0.3) is 11.5 Å². The fraction of sp³-hybridized carbons (Fsp3) is 0.0833. The number of carboxylic acids is 1. The van der Waals surface area contributed by atoms with Gasteiger partial charge in [0.1, 0.15) is 11.6 Å². The van der Waals surface area contributed by atoms with Gasteiger partial charge >= 0.3 is 11.7 Å². The number of H-pyrrole nitrogens is 1. The first-order valence-corrected chi connectivity index (χ1v) is 11.5. The number of aromatic amines is 1. The summed E-state index contributed by atoms with van der Waals surface area (Å²) in [5, 5.41) is 12.7. The largest absolute Gasteiger partial charge is 0.476 e. The van der Waals surface area contributed by atoms with Crippen molar-refractivity contribution in [3.8, 4) is 17.2 Å². The molecule has 0 unspecified atom stereocenters. The molecule has 4 aromatic rings. The number of rotatable bonds is 5. The Morgan fingerprint density at radius 3 is 2.49 bits per heavy atom. The second kappa shape index (κ2) is 9.52. The van der Waals surface area contributed by atoms with Crippen LogP contribution in [-0.4, -0.2) is 43.3 Å². The van der Waals surface area contributed by atoms with E-state index in [0.29, 0.717) is 34.8 Å². The minimum atomic E-state index is -1.61. The molecule has 0 bridgehead atoms. The molecule has 0 radical (unpaired) electrons. The van der Waals surface area contributed by atoms with Crippen LogP contribution in [0.15, 0.2) is 64.3 Å². The number of aromatic carboxylic acids is 1. The Morgan fingerprint density at radius 1 is 1.05 bits per heavy atom. The van der Waals surface area contributed by atoms with E-state index in [2.05, 4.69) is 10.1 Å². The van der Waals surface area contributed by atoms with E-state index in [1.54, 1.807) is 41.4 Å². The summed E-state index contributed by atoms with van der Waals surface area (Å²) in [6, 6.07) is 12.9. The maximum Gasteiger partial charge on any atom is 0.362 e. The predicted molar refractivity (Wildman–Crippen MR) is 134 cm³/mol. The lowest BCUT2D eigenvalue weighted by Gasteiger charge is -2.28. The number of ether oxygens (including phenoxy) is 1. The third-order valence-electron chi connectivity index (χ3n) is 5.56. The van der Waals surface area contributed by atoms with Crippen LogP contribution in [0.5, 0.6) is 11.5 Å². The van der Waals surface area contributed by atoms with Crippen LogP contribution in [-0.2, 0) is 6.42 Å². The predicted octanol–water partition coefficient (Wildman–Crippen LogP) is 3.32. The number of hydrogen-bond acceptors (Lipinski definition) is 7. The number of fused-ring (bicyclic) bond motifs is 1. The number of carbonyl (C=O) groups excluding carboxylic acids is 1. The van der Waals surface area contributed by atoms with Gasteiger partial charge in [-0.25, -0.2) is 14.6 Å². The highest BCUT2D eigenvalue weighted by Gasteiger charge is 2.27. The summed E-state index contributed by atoms with van der Waals surface area (Å²) in [6.45, 7) is 0.446. The molecule has 11 nitrogen and oxygen atoms in total. The highest BCUT2D eigenvalue weighted by atomic mass is 35.5. The Morgan fingerprint density at radius 2 is 1.81 bits per heavy atom. The van der Waals surface area contributed by atoms with Crippen LogP contribution in [0.4, 0.5) is 5.82 Å². The number of aromatic nitrogens is 4. The Balaban J connectivity index is 1.43. The molecule has 1 aliphatic rings. The maximum atomic E-state index is 13.0. The third-order valence-corrected chi connectivity index (χ3v) is 6.12. The number of anilines is 1. The fourth-order valence-corrected chi connectivity index (χ4v) is 4.41. The van der Waals surface area contributed by atoms with Crippen molar-refractivity contribution in [2.75, 3.05) is 11.4 Å². The second-order valence-corrected chi connectivity index (χ2v) is 8.69. The van der Waals surface area contributed by atoms with Crippen LogP contribution in [0.1, 0.15) is 26.4 Å². The first-order valence-electron chi connectivity index (χ1n) is 10.7. The van der Waals surface area contributed by atoms with Gasteiger partial charge in [0, 0.05) is 18.3 Å². The Kier molecular flexibility index (Phi) is 6.24. The molecule has 2 N–H and O–H groups in total. The zero-order valence-corrected chi connectivity index (χ0v) is 20.2. The van der Waals surface area contributed by atoms with E-state index in [-0.39, 0.29) is 27.4 Å². The lowest BCUT2D eigenvalue weighted by molar-refractivity contribution is 0.0685. The van der Waals surface area contributed by atoms with Gasteiger partial charge in [-0.15, -0.1) is 0 Å². The van der Waals surface area contributed by atoms with Crippen molar-refractivity contribution >= 4 is 40.9 Å². The Bertz CT molecular complexity index is 1660. The third kappa shape index (κ3) is 4.57. The van der Waals surface area contributed by atoms with Gasteiger partial charge in [0.15, 0.2) is 5.75 Å². The number of amides is 1. The molecule has 37 heavy (non-hydrogen) atoms. The molecule has 0 aliphatic carbocycles. The molecular weight excluding hydrogens is 525 g/mol. The summed E-state index contributed by atoms with van der Waals surface area (Å²) in [6.07, 6.45) is 2.20. The molecule has 13 heteroatoms. The normalized spacial score (nSPS) is 12.8. The number of halogens is 2. The molecule has 0 fully saturated rings. The Labute approximate surface area is 217 Å². The molecular formula is C24H15Cl2N5O6. The monoisotopic (exact) mass is 539 g/mol. The van der Waals surface area contributed by atoms with Gasteiger partial charge in [0.2, 0.25) is 5.69 Å². The van der Waals surface area contributed by atoms with E-state index < -0.39 is 22.9 Å². The van der Waals surface area contributed by atoms with Crippen LogP contribution < -0.4 is 20.9 Å². The van der Waals surface area contributed by atoms with Crippen LogP contribution in [0.2, 0.25) is 10.0 Å². The van der Waals surface area contributed by atoms with Gasteiger partial charge in [-0.3, -0.25) is 19.5 Å². The summed E-state index contributed by atoms with van der Waals surface area (Å²) in [7, 11) is 0. The van der Waals surface area contributed by atoms with Crippen LogP contribution in [0, 0.1) is 0 Å². The molecule has 2 aromatic carbocycles. The zero-order chi connectivity index (χ0) is 26.3. The van der Waals surface area contributed by atoms with Crippen molar-refractivity contribution in [3.63, 3.8) is 0 Å². The first kappa shape index (κ1) is 24.2. The van der Waals surface area contributed by atoms with E-state index in [1.165, 1.54) is 12.1 Å². The topological polar surface area (TPSA) is 147 Å². The molecule has 0 spiro atoms. The number of carboxylic acid groups (broad SMARTS) is 1.